The zero-order valence-corrected chi connectivity index (χ0v) is 13.8. The van der Waals surface area contributed by atoms with E-state index in [-0.39, 0.29) is 10.5 Å². The maximum atomic E-state index is 12.6. The average Bonchev–Trinajstić information content (AvgIpc) is 2.96. The molecule has 0 saturated carbocycles. The van der Waals surface area contributed by atoms with Crippen molar-refractivity contribution in [2.24, 2.45) is 0 Å². The van der Waals surface area contributed by atoms with Crippen LogP contribution in [0.25, 0.3) is 0 Å². The number of halogens is 1. The summed E-state index contributed by atoms with van der Waals surface area (Å²) in [5, 5.41) is 13.0. The first-order valence-electron chi connectivity index (χ1n) is 6.60. The van der Waals surface area contributed by atoms with Gasteiger partial charge in [-0.3, -0.25) is 0 Å². The van der Waals surface area contributed by atoms with E-state index in [2.05, 4.69) is 30.7 Å². The van der Waals surface area contributed by atoms with Gasteiger partial charge in [-0.25, -0.2) is 22.8 Å². The van der Waals surface area contributed by atoms with Gasteiger partial charge < -0.3 is 0 Å². The molecule has 0 bridgehead atoms. The van der Waals surface area contributed by atoms with Crippen LogP contribution in [0.2, 0.25) is 0 Å². The normalized spacial score (nSPS) is 17.7. The van der Waals surface area contributed by atoms with E-state index in [0.717, 1.165) is 13.0 Å². The zero-order chi connectivity index (χ0) is 15.7. The zero-order valence-electron chi connectivity index (χ0n) is 11.4. The number of rotatable bonds is 3. The molecule has 1 aromatic carbocycles. The number of benzene rings is 1. The number of nitriles is 1. The molecule has 2 aromatic rings. The van der Waals surface area contributed by atoms with Crippen molar-refractivity contribution < 1.29 is 8.42 Å². The van der Waals surface area contributed by atoms with Gasteiger partial charge >= 0.3 is 0 Å². The number of nitrogens with one attached hydrogen (secondary N) is 1. The van der Waals surface area contributed by atoms with E-state index in [0.29, 0.717) is 16.7 Å². The van der Waals surface area contributed by atoms with Gasteiger partial charge in [-0.1, -0.05) is 15.9 Å². The molecule has 1 atom stereocenters. The van der Waals surface area contributed by atoms with E-state index in [1.54, 1.807) is 10.7 Å². The molecule has 0 amide bonds. The predicted octanol–water partition coefficient (Wildman–Crippen LogP) is 1.73. The smallest absolute Gasteiger partial charge is 0.241 e. The molecule has 3 rings (SSSR count). The molecule has 114 valence electrons. The standard InChI is InChI=1S/C13H12BrN5O2S/c14-10-4-9(7-15)5-11(6-10)22(20,21)18-12-2-1-3-19-13(12)16-8-17-19/h4-6,8,12,18H,1-3H2. The summed E-state index contributed by atoms with van der Waals surface area (Å²) in [4.78, 5) is 4.18. The molecule has 2 heterocycles. The Balaban J connectivity index is 1.93. The Morgan fingerprint density at radius 2 is 2.23 bits per heavy atom. The van der Waals surface area contributed by atoms with E-state index in [1.807, 2.05) is 6.07 Å². The summed E-state index contributed by atoms with van der Waals surface area (Å²) in [6, 6.07) is 5.92. The summed E-state index contributed by atoms with van der Waals surface area (Å²) in [6.07, 6.45) is 2.91. The van der Waals surface area contributed by atoms with Crippen LogP contribution in [0.1, 0.15) is 30.3 Å². The van der Waals surface area contributed by atoms with Crippen LogP contribution in [-0.4, -0.2) is 23.2 Å². The van der Waals surface area contributed by atoms with Crippen LogP contribution in [0.4, 0.5) is 0 Å². The van der Waals surface area contributed by atoms with Gasteiger partial charge in [0.1, 0.15) is 12.2 Å². The number of fused-ring (bicyclic) bond motifs is 1. The molecular formula is C13H12BrN5O2S. The Morgan fingerprint density at radius 3 is 3.00 bits per heavy atom. The number of sulfonamides is 1. The van der Waals surface area contributed by atoms with Crippen LogP contribution < -0.4 is 4.72 Å². The summed E-state index contributed by atoms with van der Waals surface area (Å²) in [7, 11) is -3.75. The highest BCUT2D eigenvalue weighted by molar-refractivity contribution is 9.10. The molecular weight excluding hydrogens is 370 g/mol. The Labute approximate surface area is 136 Å². The second-order valence-corrected chi connectivity index (χ2v) is 7.57. The van der Waals surface area contributed by atoms with E-state index in [1.165, 1.54) is 18.5 Å². The largest absolute Gasteiger partial charge is 0.248 e. The molecule has 9 heteroatoms. The minimum Gasteiger partial charge on any atom is -0.248 e. The fourth-order valence-corrected chi connectivity index (χ4v) is 4.38. The van der Waals surface area contributed by atoms with Gasteiger partial charge in [0.2, 0.25) is 10.0 Å². The Morgan fingerprint density at radius 1 is 1.41 bits per heavy atom. The highest BCUT2D eigenvalue weighted by Crippen LogP contribution is 2.26. The third-order valence-electron chi connectivity index (χ3n) is 3.43. The Hall–Kier alpha value is -1.76. The second kappa shape index (κ2) is 5.79. The first kappa shape index (κ1) is 15.1. The monoisotopic (exact) mass is 381 g/mol. The van der Waals surface area contributed by atoms with Crippen molar-refractivity contribution in [3.63, 3.8) is 0 Å². The van der Waals surface area contributed by atoms with Crippen LogP contribution in [0.3, 0.4) is 0 Å². The molecule has 1 aromatic heterocycles. The third kappa shape index (κ3) is 2.90. The first-order chi connectivity index (χ1) is 10.5. The maximum absolute atomic E-state index is 12.6. The predicted molar refractivity (Wildman–Crippen MR) is 81.2 cm³/mol. The van der Waals surface area contributed by atoms with Crippen molar-refractivity contribution in [1.82, 2.24) is 19.5 Å². The second-order valence-electron chi connectivity index (χ2n) is 4.94. The molecule has 0 saturated heterocycles. The topological polar surface area (TPSA) is 101 Å². The quantitative estimate of drug-likeness (QED) is 0.871. The van der Waals surface area contributed by atoms with Crippen LogP contribution in [0.15, 0.2) is 33.9 Å². The molecule has 22 heavy (non-hydrogen) atoms. The molecule has 1 aliphatic rings. The number of aryl methyl sites for hydroxylation is 1. The van der Waals surface area contributed by atoms with Crippen molar-refractivity contribution in [2.75, 3.05) is 0 Å². The lowest BCUT2D eigenvalue weighted by Crippen LogP contribution is -2.33. The lowest BCUT2D eigenvalue weighted by Gasteiger charge is -2.23. The average molecular weight is 382 g/mol. The van der Waals surface area contributed by atoms with Gasteiger partial charge in [-0.05, 0) is 31.0 Å². The summed E-state index contributed by atoms with van der Waals surface area (Å²) < 4.78 is 30.0. The fraction of sp³-hybridized carbons (Fsp3) is 0.308. The van der Waals surface area contributed by atoms with Crippen LogP contribution >= 0.6 is 15.9 Å². The Bertz CT molecular complexity index is 856. The third-order valence-corrected chi connectivity index (χ3v) is 5.34. The van der Waals surface area contributed by atoms with Crippen LogP contribution in [0, 0.1) is 11.3 Å². The lowest BCUT2D eigenvalue weighted by atomic mass is 10.1. The lowest BCUT2D eigenvalue weighted by molar-refractivity contribution is 0.400. The number of hydrogen-bond acceptors (Lipinski definition) is 5. The number of nitrogens with zero attached hydrogens (tertiary/aromatic N) is 4. The molecule has 0 radical (unpaired) electrons. The summed E-state index contributed by atoms with van der Waals surface area (Å²) in [5.41, 5.74) is 0.279. The van der Waals surface area contributed by atoms with Crippen molar-refractivity contribution in [3.8, 4) is 6.07 Å². The van der Waals surface area contributed by atoms with E-state index >= 15 is 0 Å². The van der Waals surface area contributed by atoms with Crippen molar-refractivity contribution in [1.29, 1.82) is 5.26 Å². The molecule has 0 fully saturated rings. The van der Waals surface area contributed by atoms with Gasteiger partial charge in [0, 0.05) is 11.0 Å². The fourth-order valence-electron chi connectivity index (χ4n) is 2.44. The van der Waals surface area contributed by atoms with Gasteiger partial charge in [-0.15, -0.1) is 0 Å². The molecule has 0 aliphatic carbocycles. The summed E-state index contributed by atoms with van der Waals surface area (Å²) in [6.45, 7) is 0.739. The van der Waals surface area contributed by atoms with Gasteiger partial charge in [-0.2, -0.15) is 10.4 Å². The maximum Gasteiger partial charge on any atom is 0.241 e. The van der Waals surface area contributed by atoms with Crippen LogP contribution in [0.5, 0.6) is 0 Å². The highest BCUT2D eigenvalue weighted by Gasteiger charge is 2.28. The van der Waals surface area contributed by atoms with Crippen molar-refractivity contribution in [2.45, 2.75) is 30.3 Å². The number of aromatic nitrogens is 3. The molecule has 7 nitrogen and oxygen atoms in total. The minimum atomic E-state index is -3.75. The van der Waals surface area contributed by atoms with Gasteiger partial charge in [0.25, 0.3) is 0 Å². The highest BCUT2D eigenvalue weighted by atomic mass is 79.9. The SMILES string of the molecule is N#Cc1cc(Br)cc(S(=O)(=O)NC2CCCn3ncnc32)c1. The van der Waals surface area contributed by atoms with Crippen molar-refractivity contribution in [3.05, 3.63) is 40.4 Å². The van der Waals surface area contributed by atoms with Gasteiger partial charge in [0.05, 0.1) is 22.6 Å². The number of hydrogen-bond donors (Lipinski definition) is 1. The van der Waals surface area contributed by atoms with E-state index in [4.69, 9.17) is 5.26 Å². The summed E-state index contributed by atoms with van der Waals surface area (Å²) >= 11 is 3.22. The minimum absolute atomic E-state index is 0.0510. The Kier molecular flexibility index (Phi) is 3.99. The molecule has 1 N–H and O–H groups in total. The molecule has 1 unspecified atom stereocenters. The van der Waals surface area contributed by atoms with Gasteiger partial charge in [0.15, 0.2) is 0 Å². The van der Waals surface area contributed by atoms with Crippen molar-refractivity contribution >= 4 is 26.0 Å². The van der Waals surface area contributed by atoms with Crippen LogP contribution in [-0.2, 0) is 16.6 Å². The van der Waals surface area contributed by atoms with E-state index in [9.17, 15) is 8.42 Å². The van der Waals surface area contributed by atoms with E-state index < -0.39 is 16.1 Å². The molecule has 1 aliphatic heterocycles. The first-order valence-corrected chi connectivity index (χ1v) is 8.88. The molecule has 0 spiro atoms. The summed E-state index contributed by atoms with van der Waals surface area (Å²) in [5.74, 6) is 0.616.